The highest BCUT2D eigenvalue weighted by Crippen LogP contribution is 2.46. The maximum atomic E-state index is 12.4. The van der Waals surface area contributed by atoms with Gasteiger partial charge in [-0.3, -0.25) is 4.79 Å². The van der Waals surface area contributed by atoms with Crippen LogP contribution in [-0.4, -0.2) is 26.3 Å². The molecule has 0 aromatic heterocycles. The Morgan fingerprint density at radius 1 is 1.35 bits per heavy atom. The summed E-state index contributed by atoms with van der Waals surface area (Å²) in [6.07, 6.45) is 4.70. The van der Waals surface area contributed by atoms with Crippen LogP contribution in [-0.2, 0) is 14.3 Å². The van der Waals surface area contributed by atoms with E-state index in [-0.39, 0.29) is 11.9 Å². The zero-order valence-electron chi connectivity index (χ0n) is 11.6. The van der Waals surface area contributed by atoms with Crippen LogP contribution < -0.4 is 0 Å². The van der Waals surface area contributed by atoms with Gasteiger partial charge in [0.05, 0.1) is 18.6 Å². The van der Waals surface area contributed by atoms with Crippen LogP contribution in [0.5, 0.6) is 0 Å². The zero-order chi connectivity index (χ0) is 12.9. The molecule has 1 saturated carbocycles. The first-order valence-electron chi connectivity index (χ1n) is 6.75. The minimum atomic E-state index is -0.443. The zero-order valence-corrected chi connectivity index (χ0v) is 11.6. The van der Waals surface area contributed by atoms with Gasteiger partial charge < -0.3 is 9.47 Å². The molecule has 0 radical (unpaired) electrons. The Morgan fingerprint density at radius 3 is 2.35 bits per heavy atom. The summed E-state index contributed by atoms with van der Waals surface area (Å²) in [6.45, 7) is 7.00. The summed E-state index contributed by atoms with van der Waals surface area (Å²) in [6, 6.07) is 0. The van der Waals surface area contributed by atoms with Gasteiger partial charge in [-0.15, -0.1) is 0 Å². The second-order valence-electron chi connectivity index (χ2n) is 5.33. The van der Waals surface area contributed by atoms with E-state index in [1.165, 1.54) is 12.8 Å². The topological polar surface area (TPSA) is 35.5 Å². The molecule has 100 valence electrons. The van der Waals surface area contributed by atoms with Crippen LogP contribution in [0.25, 0.3) is 0 Å². The molecule has 0 amide bonds. The lowest BCUT2D eigenvalue weighted by Gasteiger charge is -2.39. The van der Waals surface area contributed by atoms with E-state index in [9.17, 15) is 4.79 Å². The minimum absolute atomic E-state index is 0.0660. The average molecular weight is 242 g/mol. The van der Waals surface area contributed by atoms with E-state index < -0.39 is 5.41 Å². The van der Waals surface area contributed by atoms with Crippen molar-refractivity contribution in [2.75, 3.05) is 20.3 Å². The first-order valence-corrected chi connectivity index (χ1v) is 6.75. The molecule has 1 fully saturated rings. The lowest BCUT2D eigenvalue weighted by Crippen LogP contribution is -2.47. The monoisotopic (exact) mass is 242 g/mol. The molecule has 1 aliphatic carbocycles. The third-order valence-electron chi connectivity index (χ3n) is 4.15. The van der Waals surface area contributed by atoms with Gasteiger partial charge in [0.15, 0.2) is 0 Å². The van der Waals surface area contributed by atoms with Crippen LogP contribution in [0.4, 0.5) is 0 Å². The van der Waals surface area contributed by atoms with E-state index in [2.05, 4.69) is 13.8 Å². The number of hydrogen-bond acceptors (Lipinski definition) is 3. The fraction of sp³-hybridized carbons (Fsp3) is 0.929. The SMILES string of the molecule is CCOC(=O)C(COC)(C(C)C)C1CCCC1. The van der Waals surface area contributed by atoms with E-state index in [1.54, 1.807) is 7.11 Å². The van der Waals surface area contributed by atoms with Crippen molar-refractivity contribution in [3.63, 3.8) is 0 Å². The Kier molecular flexibility index (Phi) is 5.44. The molecule has 1 aliphatic rings. The van der Waals surface area contributed by atoms with Gasteiger partial charge in [0, 0.05) is 7.11 Å². The Labute approximate surface area is 105 Å². The fourth-order valence-electron chi connectivity index (χ4n) is 3.16. The van der Waals surface area contributed by atoms with Crippen molar-refractivity contribution in [2.45, 2.75) is 46.5 Å². The predicted molar refractivity (Wildman–Crippen MR) is 67.7 cm³/mol. The van der Waals surface area contributed by atoms with Crippen molar-refractivity contribution in [3.8, 4) is 0 Å². The summed E-state index contributed by atoms with van der Waals surface area (Å²) in [7, 11) is 1.67. The lowest BCUT2D eigenvalue weighted by atomic mass is 9.67. The highest BCUT2D eigenvalue weighted by atomic mass is 16.5. The molecule has 0 aromatic carbocycles. The fourth-order valence-corrected chi connectivity index (χ4v) is 3.16. The molecule has 1 atom stereocenters. The molecule has 0 spiro atoms. The van der Waals surface area contributed by atoms with Crippen LogP contribution in [0, 0.1) is 17.3 Å². The Bertz CT molecular complexity index is 244. The molecule has 1 unspecified atom stereocenters. The van der Waals surface area contributed by atoms with Gasteiger partial charge in [-0.25, -0.2) is 0 Å². The molecule has 0 heterocycles. The van der Waals surface area contributed by atoms with E-state index in [0.717, 1.165) is 12.8 Å². The van der Waals surface area contributed by atoms with Gasteiger partial charge in [-0.05, 0) is 31.6 Å². The van der Waals surface area contributed by atoms with Gasteiger partial charge in [0.25, 0.3) is 0 Å². The number of carbonyl (C=O) groups excluding carboxylic acids is 1. The number of esters is 1. The average Bonchev–Trinajstić information content (AvgIpc) is 2.79. The van der Waals surface area contributed by atoms with Crippen molar-refractivity contribution in [1.82, 2.24) is 0 Å². The van der Waals surface area contributed by atoms with Crippen LogP contribution >= 0.6 is 0 Å². The molecule has 17 heavy (non-hydrogen) atoms. The smallest absolute Gasteiger partial charge is 0.314 e. The highest BCUT2D eigenvalue weighted by molar-refractivity contribution is 5.78. The summed E-state index contributed by atoms with van der Waals surface area (Å²) in [4.78, 5) is 12.4. The van der Waals surface area contributed by atoms with Gasteiger partial charge in [0.1, 0.15) is 0 Å². The molecule has 1 rings (SSSR count). The van der Waals surface area contributed by atoms with Gasteiger partial charge in [-0.1, -0.05) is 26.7 Å². The standard InChI is InChI=1S/C14H26O3/c1-5-17-13(15)14(10-16-4,11(2)3)12-8-6-7-9-12/h11-12H,5-10H2,1-4H3. The second-order valence-corrected chi connectivity index (χ2v) is 5.33. The van der Waals surface area contributed by atoms with E-state index >= 15 is 0 Å². The summed E-state index contributed by atoms with van der Waals surface area (Å²) in [5, 5.41) is 0. The van der Waals surface area contributed by atoms with Gasteiger partial charge >= 0.3 is 5.97 Å². The molecule has 0 bridgehead atoms. The molecule has 3 nitrogen and oxygen atoms in total. The highest BCUT2D eigenvalue weighted by Gasteiger charge is 2.50. The molecule has 3 heteroatoms. The minimum Gasteiger partial charge on any atom is -0.465 e. The number of methoxy groups -OCH3 is 1. The van der Waals surface area contributed by atoms with Crippen LogP contribution in [0.15, 0.2) is 0 Å². The lowest BCUT2D eigenvalue weighted by molar-refractivity contribution is -0.168. The third kappa shape index (κ3) is 2.82. The third-order valence-corrected chi connectivity index (χ3v) is 4.15. The first-order chi connectivity index (χ1) is 8.09. The maximum Gasteiger partial charge on any atom is 0.314 e. The van der Waals surface area contributed by atoms with Crippen molar-refractivity contribution in [2.24, 2.45) is 17.3 Å². The van der Waals surface area contributed by atoms with E-state index in [1.807, 2.05) is 6.92 Å². The molecule has 0 saturated heterocycles. The number of hydrogen-bond donors (Lipinski definition) is 0. The number of rotatable bonds is 6. The molecular weight excluding hydrogens is 216 g/mol. The number of carbonyl (C=O) groups is 1. The molecular formula is C14H26O3. The van der Waals surface area contributed by atoms with Crippen LogP contribution in [0.3, 0.4) is 0 Å². The summed E-state index contributed by atoms with van der Waals surface area (Å²) < 4.78 is 10.7. The molecule has 0 N–H and O–H groups in total. The van der Waals surface area contributed by atoms with Crippen molar-refractivity contribution in [1.29, 1.82) is 0 Å². The Hall–Kier alpha value is -0.570. The second kappa shape index (κ2) is 6.39. The van der Waals surface area contributed by atoms with Crippen molar-refractivity contribution < 1.29 is 14.3 Å². The quantitative estimate of drug-likeness (QED) is 0.672. The Balaban J connectivity index is 2.97. The van der Waals surface area contributed by atoms with E-state index in [4.69, 9.17) is 9.47 Å². The number of ether oxygens (including phenoxy) is 2. The largest absolute Gasteiger partial charge is 0.465 e. The van der Waals surface area contributed by atoms with Crippen LogP contribution in [0.2, 0.25) is 0 Å². The summed E-state index contributed by atoms with van der Waals surface area (Å²) in [5.74, 6) is 0.606. The predicted octanol–water partition coefficient (Wildman–Crippen LogP) is 3.03. The van der Waals surface area contributed by atoms with E-state index in [0.29, 0.717) is 19.1 Å². The normalized spacial score (nSPS) is 20.5. The molecule has 0 aliphatic heterocycles. The van der Waals surface area contributed by atoms with Gasteiger partial charge in [0.2, 0.25) is 0 Å². The van der Waals surface area contributed by atoms with Crippen molar-refractivity contribution in [3.05, 3.63) is 0 Å². The van der Waals surface area contributed by atoms with Crippen LogP contribution in [0.1, 0.15) is 46.5 Å². The summed E-state index contributed by atoms with van der Waals surface area (Å²) in [5.41, 5.74) is -0.443. The first kappa shape index (κ1) is 14.5. The molecule has 0 aromatic rings. The maximum absolute atomic E-state index is 12.4. The van der Waals surface area contributed by atoms with Crippen molar-refractivity contribution >= 4 is 5.97 Å². The Morgan fingerprint density at radius 2 is 1.94 bits per heavy atom. The summed E-state index contributed by atoms with van der Waals surface area (Å²) >= 11 is 0. The van der Waals surface area contributed by atoms with Gasteiger partial charge in [-0.2, -0.15) is 0 Å².